The van der Waals surface area contributed by atoms with Crippen molar-refractivity contribution in [1.29, 1.82) is 0 Å². The summed E-state index contributed by atoms with van der Waals surface area (Å²) >= 11 is 0. The number of hydrogen-bond acceptors (Lipinski definition) is 2. The first kappa shape index (κ1) is 15.1. The molecule has 0 bridgehead atoms. The SMILES string of the molecule is NC(=O)NCCCCC(=O)N1CC[C@H]2CCCC[C@@H]2C1. The van der Waals surface area contributed by atoms with Crippen LogP contribution in [0.2, 0.25) is 0 Å². The molecule has 20 heavy (non-hydrogen) atoms. The van der Waals surface area contributed by atoms with Gasteiger partial charge in [0.1, 0.15) is 0 Å². The summed E-state index contributed by atoms with van der Waals surface area (Å²) in [5.74, 6) is 1.90. The molecule has 5 nitrogen and oxygen atoms in total. The molecule has 0 spiro atoms. The lowest BCUT2D eigenvalue weighted by atomic mass is 9.75. The lowest BCUT2D eigenvalue weighted by molar-refractivity contribution is -0.134. The standard InChI is InChI=1S/C15H27N3O2/c16-15(20)17-9-4-3-7-14(19)18-10-8-12-5-1-2-6-13(12)11-18/h12-13H,1-11H2,(H3,16,17,20)/t12-,13-/m1/s1. The number of nitrogens with zero attached hydrogens (tertiary/aromatic N) is 1. The predicted octanol–water partition coefficient (Wildman–Crippen LogP) is 1.86. The van der Waals surface area contributed by atoms with Gasteiger partial charge in [0.15, 0.2) is 0 Å². The van der Waals surface area contributed by atoms with Crippen molar-refractivity contribution >= 4 is 11.9 Å². The average Bonchev–Trinajstić information content (AvgIpc) is 2.46. The normalized spacial score (nSPS) is 25.9. The summed E-state index contributed by atoms with van der Waals surface area (Å²) < 4.78 is 0. The highest BCUT2D eigenvalue weighted by Gasteiger charge is 2.32. The molecular formula is C15H27N3O2. The van der Waals surface area contributed by atoms with Gasteiger partial charge in [-0.3, -0.25) is 4.79 Å². The molecule has 2 atom stereocenters. The Kier molecular flexibility index (Phi) is 5.68. The zero-order valence-corrected chi connectivity index (χ0v) is 12.3. The summed E-state index contributed by atoms with van der Waals surface area (Å²) in [6.45, 7) is 2.48. The third-order valence-corrected chi connectivity index (χ3v) is 4.76. The fraction of sp³-hybridized carbons (Fsp3) is 0.867. The maximum absolute atomic E-state index is 12.2. The number of likely N-dealkylation sites (tertiary alicyclic amines) is 1. The summed E-state index contributed by atoms with van der Waals surface area (Å²) in [7, 11) is 0. The van der Waals surface area contributed by atoms with Crippen LogP contribution >= 0.6 is 0 Å². The molecule has 2 aliphatic rings. The van der Waals surface area contributed by atoms with Crippen LogP contribution in [0.3, 0.4) is 0 Å². The molecule has 3 N–H and O–H groups in total. The van der Waals surface area contributed by atoms with Crippen molar-refractivity contribution in [3.8, 4) is 0 Å². The summed E-state index contributed by atoms with van der Waals surface area (Å²) in [5, 5.41) is 2.55. The highest BCUT2D eigenvalue weighted by Crippen LogP contribution is 2.36. The Bertz CT molecular complexity index is 346. The number of unbranched alkanes of at least 4 members (excludes halogenated alkanes) is 1. The van der Waals surface area contributed by atoms with Crippen molar-refractivity contribution in [3.05, 3.63) is 0 Å². The maximum atomic E-state index is 12.2. The number of primary amides is 1. The van der Waals surface area contributed by atoms with E-state index in [0.29, 0.717) is 13.0 Å². The van der Waals surface area contributed by atoms with Crippen molar-refractivity contribution in [2.75, 3.05) is 19.6 Å². The quantitative estimate of drug-likeness (QED) is 0.755. The Balaban J connectivity index is 1.64. The van der Waals surface area contributed by atoms with Gasteiger partial charge in [-0.15, -0.1) is 0 Å². The molecule has 0 aromatic rings. The van der Waals surface area contributed by atoms with E-state index in [1.54, 1.807) is 0 Å². The van der Waals surface area contributed by atoms with Gasteiger partial charge in [0.05, 0.1) is 0 Å². The van der Waals surface area contributed by atoms with Crippen LogP contribution in [0.1, 0.15) is 51.4 Å². The van der Waals surface area contributed by atoms with E-state index in [1.165, 1.54) is 32.1 Å². The summed E-state index contributed by atoms with van der Waals surface area (Å²) in [4.78, 5) is 24.8. The van der Waals surface area contributed by atoms with E-state index < -0.39 is 6.03 Å². The third-order valence-electron chi connectivity index (χ3n) is 4.76. The highest BCUT2D eigenvalue weighted by molar-refractivity contribution is 5.76. The molecule has 1 aliphatic heterocycles. The lowest BCUT2D eigenvalue weighted by Crippen LogP contribution is -2.44. The molecule has 2 fully saturated rings. The van der Waals surface area contributed by atoms with Gasteiger partial charge in [-0.05, 0) is 37.5 Å². The van der Waals surface area contributed by atoms with Gasteiger partial charge in [0, 0.05) is 26.1 Å². The Morgan fingerprint density at radius 3 is 2.60 bits per heavy atom. The number of hydrogen-bond donors (Lipinski definition) is 2. The van der Waals surface area contributed by atoms with Crippen molar-refractivity contribution < 1.29 is 9.59 Å². The Labute approximate surface area is 121 Å². The predicted molar refractivity (Wildman–Crippen MR) is 78.1 cm³/mol. The summed E-state index contributed by atoms with van der Waals surface area (Å²) in [5.41, 5.74) is 4.99. The first-order chi connectivity index (χ1) is 9.66. The van der Waals surface area contributed by atoms with Gasteiger partial charge in [0.25, 0.3) is 0 Å². The second-order valence-corrected chi connectivity index (χ2v) is 6.18. The van der Waals surface area contributed by atoms with Crippen LogP contribution in [0, 0.1) is 11.8 Å². The minimum Gasteiger partial charge on any atom is -0.352 e. The fourth-order valence-corrected chi connectivity index (χ4v) is 3.60. The number of fused-ring (bicyclic) bond motifs is 1. The van der Waals surface area contributed by atoms with E-state index in [9.17, 15) is 9.59 Å². The smallest absolute Gasteiger partial charge is 0.312 e. The molecule has 0 unspecified atom stereocenters. The van der Waals surface area contributed by atoms with E-state index in [2.05, 4.69) is 10.2 Å². The molecular weight excluding hydrogens is 254 g/mol. The average molecular weight is 281 g/mol. The Morgan fingerprint density at radius 2 is 1.85 bits per heavy atom. The van der Waals surface area contributed by atoms with E-state index in [-0.39, 0.29) is 5.91 Å². The number of nitrogens with one attached hydrogen (secondary N) is 1. The fourth-order valence-electron chi connectivity index (χ4n) is 3.60. The van der Waals surface area contributed by atoms with Crippen LogP contribution in [0.15, 0.2) is 0 Å². The van der Waals surface area contributed by atoms with Crippen molar-refractivity contribution in [2.24, 2.45) is 17.6 Å². The molecule has 1 saturated carbocycles. The highest BCUT2D eigenvalue weighted by atomic mass is 16.2. The molecule has 1 heterocycles. The summed E-state index contributed by atoms with van der Waals surface area (Å²) in [6.07, 6.45) is 8.81. The van der Waals surface area contributed by atoms with Crippen molar-refractivity contribution in [1.82, 2.24) is 10.2 Å². The molecule has 2 rings (SSSR count). The van der Waals surface area contributed by atoms with E-state index in [0.717, 1.165) is 37.8 Å². The first-order valence-corrected chi connectivity index (χ1v) is 7.98. The van der Waals surface area contributed by atoms with Crippen LogP contribution in [-0.2, 0) is 4.79 Å². The monoisotopic (exact) mass is 281 g/mol. The number of carbonyl (C=O) groups excluding carboxylic acids is 2. The van der Waals surface area contributed by atoms with Crippen molar-refractivity contribution in [3.63, 3.8) is 0 Å². The lowest BCUT2D eigenvalue weighted by Gasteiger charge is -2.41. The van der Waals surface area contributed by atoms with Crippen LogP contribution in [-0.4, -0.2) is 36.5 Å². The van der Waals surface area contributed by atoms with Gasteiger partial charge in [0.2, 0.25) is 5.91 Å². The first-order valence-electron chi connectivity index (χ1n) is 7.98. The molecule has 0 radical (unpaired) electrons. The van der Waals surface area contributed by atoms with Gasteiger partial charge < -0.3 is 16.0 Å². The summed E-state index contributed by atoms with van der Waals surface area (Å²) in [6, 6.07) is -0.490. The molecule has 0 aromatic carbocycles. The van der Waals surface area contributed by atoms with Gasteiger partial charge in [-0.25, -0.2) is 4.79 Å². The van der Waals surface area contributed by atoms with Crippen molar-refractivity contribution in [2.45, 2.75) is 51.4 Å². The molecule has 114 valence electrons. The minimum atomic E-state index is -0.490. The number of rotatable bonds is 5. The number of nitrogens with two attached hydrogens (primary N) is 1. The molecule has 5 heteroatoms. The van der Waals surface area contributed by atoms with Gasteiger partial charge in [-0.2, -0.15) is 0 Å². The van der Waals surface area contributed by atoms with Crippen LogP contribution in [0.4, 0.5) is 4.79 Å². The molecule has 0 aromatic heterocycles. The second-order valence-electron chi connectivity index (χ2n) is 6.18. The topological polar surface area (TPSA) is 75.4 Å². The van der Waals surface area contributed by atoms with E-state index in [1.807, 2.05) is 0 Å². The van der Waals surface area contributed by atoms with E-state index >= 15 is 0 Å². The van der Waals surface area contributed by atoms with Crippen LogP contribution in [0.25, 0.3) is 0 Å². The third kappa shape index (κ3) is 4.39. The Morgan fingerprint density at radius 1 is 1.10 bits per heavy atom. The molecule has 1 saturated heterocycles. The van der Waals surface area contributed by atoms with Crippen LogP contribution < -0.4 is 11.1 Å². The number of urea groups is 1. The maximum Gasteiger partial charge on any atom is 0.312 e. The number of amides is 3. The van der Waals surface area contributed by atoms with Gasteiger partial charge in [-0.1, -0.05) is 19.3 Å². The minimum absolute atomic E-state index is 0.285. The zero-order chi connectivity index (χ0) is 14.4. The molecule has 3 amide bonds. The zero-order valence-electron chi connectivity index (χ0n) is 12.3. The van der Waals surface area contributed by atoms with E-state index in [4.69, 9.17) is 5.73 Å². The van der Waals surface area contributed by atoms with Gasteiger partial charge >= 0.3 is 6.03 Å². The largest absolute Gasteiger partial charge is 0.352 e. The number of carbonyl (C=O) groups is 2. The number of piperidine rings is 1. The molecule has 1 aliphatic carbocycles. The Hall–Kier alpha value is -1.26. The van der Waals surface area contributed by atoms with Crippen LogP contribution in [0.5, 0.6) is 0 Å². The second kappa shape index (κ2) is 7.50.